The van der Waals surface area contributed by atoms with Crippen LogP contribution in [0.15, 0.2) is 0 Å². The molecule has 1 atom stereocenters. The van der Waals surface area contributed by atoms with Crippen molar-refractivity contribution in [3.63, 3.8) is 0 Å². The van der Waals surface area contributed by atoms with Crippen LogP contribution in [0.4, 0.5) is 8.78 Å². The Morgan fingerprint density at radius 3 is 2.73 bits per heavy atom. The lowest BCUT2D eigenvalue weighted by molar-refractivity contribution is -0.170. The average molecular weight is 163 g/mol. The summed E-state index contributed by atoms with van der Waals surface area (Å²) in [6, 6.07) is 0. The van der Waals surface area contributed by atoms with Gasteiger partial charge >= 0.3 is 6.61 Å². The third kappa shape index (κ3) is 1.25. The van der Waals surface area contributed by atoms with Crippen LogP contribution in [0.25, 0.3) is 0 Å². The molecule has 2 fully saturated rings. The number of hydrogen-bond donors (Lipinski definition) is 1. The molecule has 1 saturated heterocycles. The standard InChI is InChI=1S/C7H11F2NO/c8-6(9)11-5-3-10-4-7(5)1-2-7/h5-6,10H,1-4H2. The van der Waals surface area contributed by atoms with E-state index in [0.29, 0.717) is 6.54 Å². The molecule has 0 radical (unpaired) electrons. The van der Waals surface area contributed by atoms with Crippen LogP contribution in [-0.4, -0.2) is 25.8 Å². The zero-order chi connectivity index (χ0) is 7.90. The maximum atomic E-state index is 11.8. The molecule has 0 aromatic rings. The second-order valence-corrected chi connectivity index (χ2v) is 3.38. The van der Waals surface area contributed by atoms with Gasteiger partial charge < -0.3 is 10.1 Å². The monoisotopic (exact) mass is 163 g/mol. The van der Waals surface area contributed by atoms with Crippen molar-refractivity contribution in [1.29, 1.82) is 0 Å². The molecule has 1 saturated carbocycles. The zero-order valence-electron chi connectivity index (χ0n) is 6.15. The van der Waals surface area contributed by atoms with Crippen LogP contribution in [0.3, 0.4) is 0 Å². The Bertz CT molecular complexity index is 159. The third-order valence-corrected chi connectivity index (χ3v) is 2.65. The Kier molecular flexibility index (Phi) is 1.61. The first-order valence-electron chi connectivity index (χ1n) is 3.87. The normalized spacial score (nSPS) is 33.5. The van der Waals surface area contributed by atoms with Crippen LogP contribution in [0.2, 0.25) is 0 Å². The van der Waals surface area contributed by atoms with Gasteiger partial charge in [-0.15, -0.1) is 0 Å². The van der Waals surface area contributed by atoms with Gasteiger partial charge in [0.2, 0.25) is 0 Å². The molecule has 0 bridgehead atoms. The van der Waals surface area contributed by atoms with Crippen molar-refractivity contribution in [2.24, 2.45) is 5.41 Å². The first kappa shape index (κ1) is 7.43. The van der Waals surface area contributed by atoms with Gasteiger partial charge in [0.05, 0.1) is 6.10 Å². The van der Waals surface area contributed by atoms with Crippen LogP contribution >= 0.6 is 0 Å². The molecule has 0 aromatic carbocycles. The van der Waals surface area contributed by atoms with E-state index in [2.05, 4.69) is 10.1 Å². The van der Waals surface area contributed by atoms with Crippen molar-refractivity contribution in [2.45, 2.75) is 25.6 Å². The molecule has 0 amide bonds. The maximum absolute atomic E-state index is 11.8. The summed E-state index contributed by atoms with van der Waals surface area (Å²) in [5.41, 5.74) is 0.0798. The summed E-state index contributed by atoms with van der Waals surface area (Å²) < 4.78 is 28.1. The van der Waals surface area contributed by atoms with Crippen LogP contribution in [-0.2, 0) is 4.74 Å². The molecule has 0 aromatic heterocycles. The molecule has 1 heterocycles. The van der Waals surface area contributed by atoms with E-state index < -0.39 is 6.61 Å². The van der Waals surface area contributed by atoms with E-state index in [4.69, 9.17) is 0 Å². The number of rotatable bonds is 2. The van der Waals surface area contributed by atoms with E-state index >= 15 is 0 Å². The molecule has 1 aliphatic heterocycles. The lowest BCUT2D eigenvalue weighted by atomic mass is 10.0. The number of nitrogens with one attached hydrogen (secondary N) is 1. The van der Waals surface area contributed by atoms with Gasteiger partial charge in [-0.1, -0.05) is 0 Å². The van der Waals surface area contributed by atoms with Crippen molar-refractivity contribution >= 4 is 0 Å². The summed E-state index contributed by atoms with van der Waals surface area (Å²) in [6.07, 6.45) is 1.83. The summed E-state index contributed by atoms with van der Waals surface area (Å²) in [6.45, 7) is -1.17. The molecule has 1 N–H and O–H groups in total. The molecule has 1 unspecified atom stereocenters. The fourth-order valence-electron chi connectivity index (χ4n) is 1.76. The highest BCUT2D eigenvalue weighted by atomic mass is 19.3. The summed E-state index contributed by atoms with van der Waals surface area (Å²) in [5.74, 6) is 0. The Morgan fingerprint density at radius 1 is 1.45 bits per heavy atom. The zero-order valence-corrected chi connectivity index (χ0v) is 6.15. The maximum Gasteiger partial charge on any atom is 0.345 e. The third-order valence-electron chi connectivity index (χ3n) is 2.65. The highest BCUT2D eigenvalue weighted by Gasteiger charge is 2.53. The molecule has 2 nitrogen and oxygen atoms in total. The van der Waals surface area contributed by atoms with E-state index in [0.717, 1.165) is 19.4 Å². The number of alkyl halides is 2. The summed E-state index contributed by atoms with van der Waals surface area (Å²) in [7, 11) is 0. The SMILES string of the molecule is FC(F)OC1CNCC12CC2. The number of ether oxygens (including phenoxy) is 1. The van der Waals surface area contributed by atoms with Gasteiger partial charge in [0.25, 0.3) is 0 Å². The minimum absolute atomic E-state index is 0.0798. The smallest absolute Gasteiger partial charge is 0.318 e. The first-order chi connectivity index (χ1) is 5.23. The van der Waals surface area contributed by atoms with Gasteiger partial charge in [-0.3, -0.25) is 0 Å². The fourth-order valence-corrected chi connectivity index (χ4v) is 1.76. The quantitative estimate of drug-likeness (QED) is 0.655. The second-order valence-electron chi connectivity index (χ2n) is 3.38. The average Bonchev–Trinajstić information content (AvgIpc) is 2.56. The van der Waals surface area contributed by atoms with E-state index in [-0.39, 0.29) is 11.5 Å². The van der Waals surface area contributed by atoms with Crippen LogP contribution < -0.4 is 5.32 Å². The summed E-state index contributed by atoms with van der Waals surface area (Å²) >= 11 is 0. The van der Waals surface area contributed by atoms with Gasteiger partial charge in [0.1, 0.15) is 0 Å². The highest BCUT2D eigenvalue weighted by Crippen LogP contribution is 2.51. The van der Waals surface area contributed by atoms with E-state index in [1.807, 2.05) is 0 Å². The van der Waals surface area contributed by atoms with Crippen molar-refractivity contribution in [3.05, 3.63) is 0 Å². The van der Waals surface area contributed by atoms with Crippen LogP contribution in [0.5, 0.6) is 0 Å². The Hall–Kier alpha value is -0.220. The highest BCUT2D eigenvalue weighted by molar-refractivity contribution is 5.06. The van der Waals surface area contributed by atoms with Gasteiger partial charge in [-0.2, -0.15) is 8.78 Å². The Labute approximate surface area is 63.9 Å². The fraction of sp³-hybridized carbons (Fsp3) is 1.00. The molecule has 1 aliphatic carbocycles. The molecular weight excluding hydrogens is 152 g/mol. The van der Waals surface area contributed by atoms with Gasteiger partial charge in [-0.25, -0.2) is 0 Å². The summed E-state index contributed by atoms with van der Waals surface area (Å²) in [4.78, 5) is 0. The lowest BCUT2D eigenvalue weighted by Crippen LogP contribution is -2.26. The molecule has 1 spiro atoms. The predicted molar refractivity (Wildman–Crippen MR) is 35.4 cm³/mol. The molecule has 4 heteroatoms. The largest absolute Gasteiger partial charge is 0.345 e. The lowest BCUT2D eigenvalue weighted by Gasteiger charge is -2.16. The van der Waals surface area contributed by atoms with E-state index in [1.54, 1.807) is 0 Å². The van der Waals surface area contributed by atoms with E-state index in [1.165, 1.54) is 0 Å². The summed E-state index contributed by atoms with van der Waals surface area (Å²) in [5, 5.41) is 3.07. The topological polar surface area (TPSA) is 21.3 Å². The van der Waals surface area contributed by atoms with Crippen molar-refractivity contribution in [2.75, 3.05) is 13.1 Å². The minimum Gasteiger partial charge on any atom is -0.318 e. The van der Waals surface area contributed by atoms with Crippen molar-refractivity contribution in [3.8, 4) is 0 Å². The van der Waals surface area contributed by atoms with Gasteiger partial charge in [0, 0.05) is 18.5 Å². The Morgan fingerprint density at radius 2 is 2.18 bits per heavy atom. The first-order valence-corrected chi connectivity index (χ1v) is 3.87. The van der Waals surface area contributed by atoms with Crippen molar-refractivity contribution in [1.82, 2.24) is 5.32 Å². The molecule has 64 valence electrons. The van der Waals surface area contributed by atoms with Gasteiger partial charge in [-0.05, 0) is 12.8 Å². The van der Waals surface area contributed by atoms with E-state index in [9.17, 15) is 8.78 Å². The molecule has 11 heavy (non-hydrogen) atoms. The predicted octanol–water partition coefficient (Wildman–Crippen LogP) is 0.978. The van der Waals surface area contributed by atoms with Crippen molar-refractivity contribution < 1.29 is 13.5 Å². The van der Waals surface area contributed by atoms with Crippen LogP contribution in [0, 0.1) is 5.41 Å². The van der Waals surface area contributed by atoms with Crippen LogP contribution in [0.1, 0.15) is 12.8 Å². The molecule has 2 aliphatic rings. The van der Waals surface area contributed by atoms with Gasteiger partial charge in [0.15, 0.2) is 0 Å². The second kappa shape index (κ2) is 2.38. The minimum atomic E-state index is -2.61. The molecular formula is C7H11F2NO. The number of halogens is 2. The number of hydrogen-bond acceptors (Lipinski definition) is 2. The molecule has 2 rings (SSSR count). The Balaban J connectivity index is 1.92.